The molecule has 4 nitrogen and oxygen atoms in total. The highest BCUT2D eigenvalue weighted by Crippen LogP contribution is 2.18. The van der Waals surface area contributed by atoms with Crippen molar-refractivity contribution in [2.75, 3.05) is 5.75 Å². The molecule has 0 unspecified atom stereocenters. The van der Waals surface area contributed by atoms with E-state index in [0.717, 1.165) is 17.7 Å². The number of hydrogen-bond donors (Lipinski definition) is 2. The molecule has 0 aliphatic carbocycles. The Morgan fingerprint density at radius 2 is 2.44 bits per heavy atom. The van der Waals surface area contributed by atoms with Crippen LogP contribution in [0.15, 0.2) is 34.3 Å². The van der Waals surface area contributed by atoms with E-state index in [1.165, 1.54) is 4.90 Å². The number of nitrogens with two attached hydrogens (primary N) is 1. The van der Waals surface area contributed by atoms with E-state index >= 15 is 0 Å². The molecule has 0 radical (unpaired) electrons. The second-order valence-corrected chi connectivity index (χ2v) is 4.32. The summed E-state index contributed by atoms with van der Waals surface area (Å²) < 4.78 is 0. The number of hydrogen-bond acceptors (Lipinski definition) is 3. The van der Waals surface area contributed by atoms with Crippen LogP contribution in [0.5, 0.6) is 0 Å². The predicted molar refractivity (Wildman–Crippen MR) is 67.8 cm³/mol. The summed E-state index contributed by atoms with van der Waals surface area (Å²) in [6.07, 6.45) is 2.72. The Hall–Kier alpha value is -1.49. The summed E-state index contributed by atoms with van der Waals surface area (Å²) in [7, 11) is 0. The first-order valence-corrected chi connectivity index (χ1v) is 6.02. The van der Waals surface area contributed by atoms with Gasteiger partial charge in [-0.15, -0.1) is 11.8 Å². The van der Waals surface area contributed by atoms with Crippen molar-refractivity contribution in [1.29, 1.82) is 0 Å². The number of urea groups is 1. The number of nitrogens with zero attached hydrogens (tertiary/aromatic N) is 1. The molecule has 1 aromatic carbocycles. The fraction of sp³-hybridized carbons (Fsp3) is 0.273. The van der Waals surface area contributed by atoms with Crippen molar-refractivity contribution in [3.05, 3.63) is 29.8 Å². The number of amides is 2. The van der Waals surface area contributed by atoms with Crippen molar-refractivity contribution < 1.29 is 4.79 Å². The molecule has 0 spiro atoms. The summed E-state index contributed by atoms with van der Waals surface area (Å²) in [6, 6.07) is 7.30. The van der Waals surface area contributed by atoms with Gasteiger partial charge in [0.15, 0.2) is 0 Å². The molecular weight excluding hydrogens is 222 g/mol. The van der Waals surface area contributed by atoms with Gasteiger partial charge >= 0.3 is 6.03 Å². The van der Waals surface area contributed by atoms with Crippen LogP contribution in [-0.4, -0.2) is 18.0 Å². The van der Waals surface area contributed by atoms with Gasteiger partial charge < -0.3 is 5.73 Å². The number of benzene rings is 1. The fourth-order valence-corrected chi connectivity index (χ4v) is 1.91. The van der Waals surface area contributed by atoms with Crippen molar-refractivity contribution in [3.63, 3.8) is 0 Å². The van der Waals surface area contributed by atoms with Crippen LogP contribution in [0.2, 0.25) is 0 Å². The van der Waals surface area contributed by atoms with E-state index in [1.807, 2.05) is 18.2 Å². The fourth-order valence-electron chi connectivity index (χ4n) is 1.07. The zero-order chi connectivity index (χ0) is 11.8. The summed E-state index contributed by atoms with van der Waals surface area (Å²) in [5.74, 6) is 1.10. The Bertz CT molecular complexity index is 379. The average Bonchev–Trinajstić information content (AvgIpc) is 2.26. The van der Waals surface area contributed by atoms with Gasteiger partial charge in [0, 0.05) is 4.90 Å². The third-order valence-corrected chi connectivity index (χ3v) is 2.92. The summed E-state index contributed by atoms with van der Waals surface area (Å²) in [4.78, 5) is 11.6. The normalized spacial score (nSPS) is 10.6. The summed E-state index contributed by atoms with van der Waals surface area (Å²) in [5.41, 5.74) is 7.98. The molecule has 0 aliphatic heterocycles. The first kappa shape index (κ1) is 12.6. The summed E-state index contributed by atoms with van der Waals surface area (Å²) in [5, 5.41) is 3.70. The molecule has 86 valence electrons. The third-order valence-electron chi connectivity index (χ3n) is 1.72. The monoisotopic (exact) mass is 237 g/mol. The minimum absolute atomic E-state index is 0.659. The molecule has 0 aliphatic rings. The van der Waals surface area contributed by atoms with Gasteiger partial charge in [0.1, 0.15) is 0 Å². The Morgan fingerprint density at radius 3 is 3.12 bits per heavy atom. The van der Waals surface area contributed by atoms with Crippen LogP contribution >= 0.6 is 11.8 Å². The van der Waals surface area contributed by atoms with E-state index < -0.39 is 6.03 Å². The highest BCUT2D eigenvalue weighted by Gasteiger charge is 1.94. The molecule has 5 heteroatoms. The lowest BCUT2D eigenvalue weighted by Crippen LogP contribution is -2.24. The Balaban J connectivity index is 2.59. The van der Waals surface area contributed by atoms with Crippen LogP contribution in [0, 0.1) is 0 Å². The average molecular weight is 237 g/mol. The largest absolute Gasteiger partial charge is 0.350 e. The molecule has 0 atom stereocenters. The van der Waals surface area contributed by atoms with Crippen LogP contribution in [0.25, 0.3) is 0 Å². The molecule has 1 rings (SSSR count). The molecule has 0 saturated heterocycles. The van der Waals surface area contributed by atoms with Gasteiger partial charge in [0.2, 0.25) is 0 Å². The molecule has 0 aromatic heterocycles. The Kier molecular flexibility index (Phi) is 5.42. The zero-order valence-electron chi connectivity index (χ0n) is 9.14. The van der Waals surface area contributed by atoms with E-state index in [-0.39, 0.29) is 0 Å². The van der Waals surface area contributed by atoms with Crippen LogP contribution in [0.3, 0.4) is 0 Å². The lowest BCUT2D eigenvalue weighted by molar-refractivity contribution is 0.249. The molecule has 0 heterocycles. The SMILES string of the molecule is CCCSc1cccc(C=NNC(N)=O)c1. The number of nitrogens with one attached hydrogen (secondary N) is 1. The molecule has 3 N–H and O–H groups in total. The van der Waals surface area contributed by atoms with Crippen LogP contribution in [0.4, 0.5) is 4.79 Å². The van der Waals surface area contributed by atoms with E-state index in [4.69, 9.17) is 5.73 Å². The lowest BCUT2D eigenvalue weighted by Gasteiger charge is -2.00. The Labute approximate surface area is 99.3 Å². The molecule has 1 aromatic rings. The third kappa shape index (κ3) is 4.84. The number of carbonyl (C=O) groups is 1. The topological polar surface area (TPSA) is 67.5 Å². The molecular formula is C11H15N3OS. The highest BCUT2D eigenvalue weighted by atomic mass is 32.2. The number of rotatable bonds is 5. The van der Waals surface area contributed by atoms with Gasteiger partial charge in [-0.1, -0.05) is 19.1 Å². The van der Waals surface area contributed by atoms with Crippen molar-refractivity contribution in [3.8, 4) is 0 Å². The van der Waals surface area contributed by atoms with E-state index in [0.29, 0.717) is 0 Å². The zero-order valence-corrected chi connectivity index (χ0v) is 9.96. The highest BCUT2D eigenvalue weighted by molar-refractivity contribution is 7.99. The molecule has 0 saturated carbocycles. The van der Waals surface area contributed by atoms with E-state index in [2.05, 4.69) is 23.5 Å². The maximum Gasteiger partial charge on any atom is 0.332 e. The maximum atomic E-state index is 10.4. The minimum Gasteiger partial charge on any atom is -0.350 e. The van der Waals surface area contributed by atoms with Crippen LogP contribution in [-0.2, 0) is 0 Å². The molecule has 0 bridgehead atoms. The van der Waals surface area contributed by atoms with Gasteiger partial charge in [0.25, 0.3) is 0 Å². The summed E-state index contributed by atoms with van der Waals surface area (Å²) >= 11 is 1.80. The van der Waals surface area contributed by atoms with Crippen LogP contribution < -0.4 is 11.2 Å². The molecule has 0 fully saturated rings. The van der Waals surface area contributed by atoms with Crippen molar-refractivity contribution in [1.82, 2.24) is 5.43 Å². The van der Waals surface area contributed by atoms with Crippen molar-refractivity contribution in [2.24, 2.45) is 10.8 Å². The lowest BCUT2D eigenvalue weighted by atomic mass is 10.2. The standard InChI is InChI=1S/C11H15N3OS/c1-2-6-16-10-5-3-4-9(7-10)8-13-14-11(12)15/h3-5,7-8H,2,6H2,1H3,(H3,12,14,15). The maximum absolute atomic E-state index is 10.4. The van der Waals surface area contributed by atoms with Crippen molar-refractivity contribution in [2.45, 2.75) is 18.2 Å². The second kappa shape index (κ2) is 6.90. The number of carbonyl (C=O) groups excluding carboxylic acids is 1. The molecule has 16 heavy (non-hydrogen) atoms. The minimum atomic E-state index is -0.659. The van der Waals surface area contributed by atoms with Gasteiger partial charge in [-0.05, 0) is 29.9 Å². The van der Waals surface area contributed by atoms with Crippen LogP contribution in [0.1, 0.15) is 18.9 Å². The smallest absolute Gasteiger partial charge is 0.332 e. The first-order chi connectivity index (χ1) is 7.72. The quantitative estimate of drug-likeness (QED) is 0.468. The summed E-state index contributed by atoms with van der Waals surface area (Å²) in [6.45, 7) is 2.15. The van der Waals surface area contributed by atoms with Gasteiger partial charge in [0.05, 0.1) is 6.21 Å². The van der Waals surface area contributed by atoms with Gasteiger partial charge in [-0.2, -0.15) is 5.10 Å². The van der Waals surface area contributed by atoms with Crippen molar-refractivity contribution >= 4 is 24.0 Å². The number of primary amides is 1. The molecule has 2 amide bonds. The predicted octanol–water partition coefficient (Wildman–Crippen LogP) is 2.19. The van der Waals surface area contributed by atoms with E-state index in [1.54, 1.807) is 18.0 Å². The van der Waals surface area contributed by atoms with Gasteiger partial charge in [-0.3, -0.25) is 0 Å². The number of hydrazone groups is 1. The van der Waals surface area contributed by atoms with E-state index in [9.17, 15) is 4.79 Å². The van der Waals surface area contributed by atoms with Gasteiger partial charge in [-0.25, -0.2) is 10.2 Å². The first-order valence-electron chi connectivity index (χ1n) is 5.03. The number of thioether (sulfide) groups is 1. The second-order valence-electron chi connectivity index (χ2n) is 3.16. The Morgan fingerprint density at radius 1 is 1.62 bits per heavy atom.